The normalized spacial score (nSPS) is 31.9. The molecule has 0 aromatic heterocycles. The maximum Gasteiger partial charge on any atom is 0.224 e. The Bertz CT molecular complexity index is 589. The molecule has 4 rings (SSSR count). The fourth-order valence-corrected chi connectivity index (χ4v) is 4.46. The summed E-state index contributed by atoms with van der Waals surface area (Å²) in [7, 11) is 0. The highest BCUT2D eigenvalue weighted by Crippen LogP contribution is 2.60. The molecule has 1 aliphatic heterocycles. The Balaban J connectivity index is 1.61. The van der Waals surface area contributed by atoms with Crippen molar-refractivity contribution in [3.63, 3.8) is 0 Å². The lowest BCUT2D eigenvalue weighted by Gasteiger charge is -2.21. The molecule has 1 aromatic rings. The molecule has 1 heterocycles. The summed E-state index contributed by atoms with van der Waals surface area (Å²) in [5.74, 6) is 1.57. The Morgan fingerprint density at radius 2 is 1.90 bits per heavy atom. The Labute approximate surface area is 124 Å². The zero-order valence-corrected chi connectivity index (χ0v) is 12.1. The van der Waals surface area contributed by atoms with Crippen LogP contribution in [0.3, 0.4) is 0 Å². The predicted octanol–water partition coefficient (Wildman–Crippen LogP) is 3.15. The fraction of sp³-hybridized carbons (Fsp3) is 0.588. The first-order valence-corrected chi connectivity index (χ1v) is 8.03. The average Bonchev–Trinajstić information content (AvgIpc) is 3.20. The third kappa shape index (κ3) is 2.16. The number of nitrogens with two attached hydrogens (primary N) is 1. The zero-order valence-electron chi connectivity index (χ0n) is 12.1. The summed E-state index contributed by atoms with van der Waals surface area (Å²) in [5.41, 5.74) is 8.67. The molecule has 3 nitrogen and oxygen atoms in total. The van der Waals surface area contributed by atoms with Gasteiger partial charge in [0.25, 0.3) is 0 Å². The van der Waals surface area contributed by atoms with Gasteiger partial charge in [0.05, 0.1) is 0 Å². The fourth-order valence-electron chi connectivity index (χ4n) is 4.46. The number of anilines is 1. The molecule has 3 atom stereocenters. The first kappa shape index (κ1) is 13.3. The summed E-state index contributed by atoms with van der Waals surface area (Å²) >= 11 is 0. The molecule has 3 N–H and O–H groups in total. The first-order valence-electron chi connectivity index (χ1n) is 8.03. The highest BCUT2D eigenvalue weighted by Gasteiger charge is 2.53. The molecule has 4 heteroatoms. The van der Waals surface area contributed by atoms with Crippen LogP contribution in [0.2, 0.25) is 0 Å². The Hall–Kier alpha value is -1.42. The van der Waals surface area contributed by atoms with Crippen molar-refractivity contribution in [1.29, 1.82) is 0 Å². The van der Waals surface area contributed by atoms with Crippen LogP contribution >= 0.6 is 0 Å². The quantitative estimate of drug-likeness (QED) is 0.878. The number of hydrogen-bond donors (Lipinski definition) is 2. The molecule has 1 amide bonds. The molecule has 112 valence electrons. The Kier molecular flexibility index (Phi) is 3.03. The van der Waals surface area contributed by atoms with Crippen molar-refractivity contribution in [2.75, 3.05) is 5.32 Å². The maximum atomic E-state index is 14.4. The van der Waals surface area contributed by atoms with E-state index in [1.165, 1.54) is 31.7 Å². The van der Waals surface area contributed by atoms with E-state index in [0.717, 1.165) is 5.56 Å². The monoisotopic (exact) mass is 288 g/mol. The van der Waals surface area contributed by atoms with Gasteiger partial charge in [0, 0.05) is 23.7 Å². The van der Waals surface area contributed by atoms with E-state index in [9.17, 15) is 9.18 Å². The van der Waals surface area contributed by atoms with Gasteiger partial charge in [0.15, 0.2) is 0 Å². The van der Waals surface area contributed by atoms with Gasteiger partial charge in [-0.05, 0) is 54.7 Å². The standard InChI is InChI=1S/C17H21FN2O/c18-13-8-14-9(5-6-15(21)20-14)7-12(13)17(19)16-10-3-1-2-4-11(10)16/h7-8,10-11,16-17H,1-6,19H2,(H,20,21). The minimum absolute atomic E-state index is 0.0350. The number of amides is 1. The highest BCUT2D eigenvalue weighted by atomic mass is 19.1. The molecule has 0 bridgehead atoms. The number of carbonyl (C=O) groups is 1. The molecule has 0 radical (unpaired) electrons. The van der Waals surface area contributed by atoms with Gasteiger partial charge < -0.3 is 11.1 Å². The van der Waals surface area contributed by atoms with Crippen molar-refractivity contribution >= 4 is 11.6 Å². The molecular formula is C17H21FN2O. The first-order chi connectivity index (χ1) is 10.1. The summed E-state index contributed by atoms with van der Waals surface area (Å²) < 4.78 is 14.4. The van der Waals surface area contributed by atoms with Crippen molar-refractivity contribution in [2.24, 2.45) is 23.5 Å². The number of nitrogens with one attached hydrogen (secondary N) is 1. The van der Waals surface area contributed by atoms with Gasteiger partial charge in [-0.15, -0.1) is 0 Å². The number of hydrogen-bond acceptors (Lipinski definition) is 2. The van der Waals surface area contributed by atoms with Crippen LogP contribution in [0.1, 0.15) is 49.3 Å². The maximum absolute atomic E-state index is 14.4. The molecule has 3 unspecified atom stereocenters. The predicted molar refractivity (Wildman–Crippen MR) is 79.2 cm³/mol. The summed E-state index contributed by atoms with van der Waals surface area (Å²) in [6, 6.07) is 3.15. The largest absolute Gasteiger partial charge is 0.326 e. The van der Waals surface area contributed by atoms with Gasteiger partial charge in [0.1, 0.15) is 5.82 Å². The van der Waals surface area contributed by atoms with Crippen LogP contribution in [0.5, 0.6) is 0 Å². The summed E-state index contributed by atoms with van der Waals surface area (Å²) in [6.07, 6.45) is 6.25. The number of halogens is 1. The lowest BCUT2D eigenvalue weighted by Crippen LogP contribution is -2.21. The summed E-state index contributed by atoms with van der Waals surface area (Å²) in [4.78, 5) is 11.4. The van der Waals surface area contributed by atoms with Gasteiger partial charge in [-0.25, -0.2) is 4.39 Å². The van der Waals surface area contributed by atoms with E-state index in [0.29, 0.717) is 41.8 Å². The molecule has 3 aliphatic rings. The minimum atomic E-state index is -0.271. The van der Waals surface area contributed by atoms with Crippen LogP contribution in [0, 0.1) is 23.6 Å². The van der Waals surface area contributed by atoms with Crippen molar-refractivity contribution in [3.8, 4) is 0 Å². The number of fused-ring (bicyclic) bond motifs is 2. The van der Waals surface area contributed by atoms with Gasteiger partial charge in [-0.3, -0.25) is 4.79 Å². The number of aryl methyl sites for hydroxylation is 1. The average molecular weight is 288 g/mol. The van der Waals surface area contributed by atoms with Crippen LogP contribution in [-0.4, -0.2) is 5.91 Å². The second-order valence-corrected chi connectivity index (χ2v) is 6.79. The smallest absolute Gasteiger partial charge is 0.224 e. The molecule has 21 heavy (non-hydrogen) atoms. The van der Waals surface area contributed by atoms with Crippen LogP contribution in [-0.2, 0) is 11.2 Å². The second kappa shape index (κ2) is 4.80. The van der Waals surface area contributed by atoms with E-state index in [1.807, 2.05) is 6.07 Å². The van der Waals surface area contributed by atoms with Crippen LogP contribution in [0.15, 0.2) is 12.1 Å². The van der Waals surface area contributed by atoms with Crippen molar-refractivity contribution in [3.05, 3.63) is 29.1 Å². The molecule has 2 saturated carbocycles. The van der Waals surface area contributed by atoms with Crippen molar-refractivity contribution in [2.45, 2.75) is 44.6 Å². The molecule has 2 fully saturated rings. The zero-order chi connectivity index (χ0) is 14.6. The van der Waals surface area contributed by atoms with Crippen LogP contribution in [0.4, 0.5) is 10.1 Å². The Morgan fingerprint density at radius 1 is 1.19 bits per heavy atom. The summed E-state index contributed by atoms with van der Waals surface area (Å²) in [5, 5.41) is 2.74. The minimum Gasteiger partial charge on any atom is -0.326 e. The van der Waals surface area contributed by atoms with E-state index in [2.05, 4.69) is 5.32 Å². The lowest BCUT2D eigenvalue weighted by molar-refractivity contribution is -0.116. The molecule has 0 saturated heterocycles. The molecule has 1 aromatic carbocycles. The van der Waals surface area contributed by atoms with Crippen molar-refractivity contribution < 1.29 is 9.18 Å². The summed E-state index contributed by atoms with van der Waals surface area (Å²) in [6.45, 7) is 0. The molecule has 0 spiro atoms. The van der Waals surface area contributed by atoms with E-state index in [1.54, 1.807) is 0 Å². The van der Waals surface area contributed by atoms with E-state index < -0.39 is 0 Å². The van der Waals surface area contributed by atoms with E-state index in [4.69, 9.17) is 5.73 Å². The SMILES string of the molecule is NC(c1cc2c(cc1F)NC(=O)CC2)C1C2CCCCC21. The highest BCUT2D eigenvalue weighted by molar-refractivity contribution is 5.93. The molecular weight excluding hydrogens is 267 g/mol. The number of carbonyl (C=O) groups excluding carboxylic acids is 1. The van der Waals surface area contributed by atoms with Gasteiger partial charge >= 0.3 is 0 Å². The third-order valence-electron chi connectivity index (χ3n) is 5.61. The topological polar surface area (TPSA) is 55.1 Å². The lowest BCUT2D eigenvalue weighted by atomic mass is 9.94. The van der Waals surface area contributed by atoms with E-state index >= 15 is 0 Å². The van der Waals surface area contributed by atoms with Crippen molar-refractivity contribution in [1.82, 2.24) is 0 Å². The van der Waals surface area contributed by atoms with Gasteiger partial charge in [-0.2, -0.15) is 0 Å². The van der Waals surface area contributed by atoms with Crippen LogP contribution in [0.25, 0.3) is 0 Å². The number of rotatable bonds is 2. The second-order valence-electron chi connectivity index (χ2n) is 6.79. The molecule has 2 aliphatic carbocycles. The Morgan fingerprint density at radius 3 is 2.62 bits per heavy atom. The van der Waals surface area contributed by atoms with E-state index in [-0.39, 0.29) is 17.8 Å². The third-order valence-corrected chi connectivity index (χ3v) is 5.61. The van der Waals surface area contributed by atoms with Crippen LogP contribution < -0.4 is 11.1 Å². The number of benzene rings is 1. The van der Waals surface area contributed by atoms with Gasteiger partial charge in [-0.1, -0.05) is 12.8 Å². The van der Waals surface area contributed by atoms with Gasteiger partial charge in [0.2, 0.25) is 5.91 Å².